The summed E-state index contributed by atoms with van der Waals surface area (Å²) in [5, 5.41) is 28.8. The molecule has 4 aromatic carbocycles. The molecule has 0 aliphatic carbocycles. The summed E-state index contributed by atoms with van der Waals surface area (Å²) in [7, 11) is 4.65. The van der Waals surface area contributed by atoms with Gasteiger partial charge in [-0.25, -0.2) is 0 Å². The predicted molar refractivity (Wildman–Crippen MR) is 160 cm³/mol. The fraction of sp³-hybridized carbons (Fsp3) is 0.0909. The third kappa shape index (κ3) is 5.66. The quantitative estimate of drug-likeness (QED) is 0.219. The van der Waals surface area contributed by atoms with E-state index in [-0.39, 0.29) is 39.2 Å². The lowest BCUT2D eigenvalue weighted by Gasteiger charge is -2.09. The average molecular weight is 583 g/mol. The van der Waals surface area contributed by atoms with Gasteiger partial charge in [-0.2, -0.15) is 0 Å². The van der Waals surface area contributed by atoms with Gasteiger partial charge in [0.05, 0.1) is 32.5 Å². The van der Waals surface area contributed by atoms with Crippen LogP contribution < -0.4 is 25.1 Å². The van der Waals surface area contributed by atoms with Gasteiger partial charge in [0.25, 0.3) is 0 Å². The van der Waals surface area contributed by atoms with Gasteiger partial charge in [-0.05, 0) is 35.4 Å². The van der Waals surface area contributed by atoms with E-state index in [4.69, 9.17) is 23.0 Å². The van der Waals surface area contributed by atoms with E-state index in [2.05, 4.69) is 0 Å². The van der Waals surface area contributed by atoms with E-state index in [1.165, 1.54) is 37.8 Å². The second-order valence-electron chi connectivity index (χ2n) is 9.27. The Kier molecular flexibility index (Phi) is 7.93. The maximum atomic E-state index is 12.9. The van der Waals surface area contributed by atoms with Crippen LogP contribution in [0.5, 0.6) is 34.5 Å². The second-order valence-corrected chi connectivity index (χ2v) is 9.27. The highest BCUT2D eigenvalue weighted by Crippen LogP contribution is 2.32. The SMILES string of the molecule is COc1ccc(-c2coc3cc(OC)cc(OC)c3c2=O)cc1.O=c1c(-c2ccc(O)cc2)coc2cc(O)cc(O)c12. The molecular weight excluding hydrogens is 556 g/mol. The molecule has 0 spiro atoms. The molecule has 0 unspecified atom stereocenters. The van der Waals surface area contributed by atoms with Gasteiger partial charge in [0.15, 0.2) is 0 Å². The van der Waals surface area contributed by atoms with Crippen molar-refractivity contribution in [2.24, 2.45) is 0 Å². The molecule has 10 heteroatoms. The number of hydrogen-bond donors (Lipinski definition) is 3. The molecular formula is C33H26O10. The number of ether oxygens (including phenoxy) is 3. The molecule has 0 saturated heterocycles. The van der Waals surface area contributed by atoms with Crippen LogP contribution in [0.1, 0.15) is 0 Å². The molecule has 0 atom stereocenters. The Balaban J connectivity index is 0.000000173. The topological polar surface area (TPSA) is 149 Å². The summed E-state index contributed by atoms with van der Waals surface area (Å²) < 4.78 is 26.6. The highest BCUT2D eigenvalue weighted by atomic mass is 16.5. The van der Waals surface area contributed by atoms with E-state index in [1.807, 2.05) is 12.1 Å². The summed E-state index contributed by atoms with van der Waals surface area (Å²) in [6, 6.07) is 18.9. The van der Waals surface area contributed by atoms with Crippen molar-refractivity contribution in [3.8, 4) is 56.8 Å². The van der Waals surface area contributed by atoms with Crippen molar-refractivity contribution < 1.29 is 38.4 Å². The van der Waals surface area contributed by atoms with Crippen LogP contribution in [0.2, 0.25) is 0 Å². The van der Waals surface area contributed by atoms with Crippen molar-refractivity contribution in [3.63, 3.8) is 0 Å². The highest BCUT2D eigenvalue weighted by Gasteiger charge is 2.16. The first-order valence-electron chi connectivity index (χ1n) is 12.8. The Morgan fingerprint density at radius 3 is 1.65 bits per heavy atom. The zero-order valence-electron chi connectivity index (χ0n) is 23.3. The van der Waals surface area contributed by atoms with Crippen molar-refractivity contribution >= 4 is 21.9 Å². The van der Waals surface area contributed by atoms with Gasteiger partial charge in [-0.3, -0.25) is 9.59 Å². The summed E-state index contributed by atoms with van der Waals surface area (Å²) in [5.41, 5.74) is 2.00. The standard InChI is InChI=1S/C18H16O5.C15H10O5/c1-20-12-6-4-11(5-7-12)14-10-23-16-9-13(21-2)8-15(22-3)17(16)18(14)19;16-9-3-1-8(2-4-9)11-7-20-13-6-10(17)5-12(18)14(13)15(11)19/h4-10H,1-3H3;1-7,16-18H. The largest absolute Gasteiger partial charge is 0.508 e. The van der Waals surface area contributed by atoms with E-state index in [1.54, 1.807) is 50.6 Å². The number of phenols is 3. The Labute approximate surface area is 244 Å². The molecule has 6 rings (SSSR count). The van der Waals surface area contributed by atoms with Crippen molar-refractivity contribution in [3.05, 3.63) is 106 Å². The Morgan fingerprint density at radius 2 is 1.09 bits per heavy atom. The fourth-order valence-corrected chi connectivity index (χ4v) is 4.50. The summed E-state index contributed by atoms with van der Waals surface area (Å²) in [6.45, 7) is 0. The molecule has 0 fully saturated rings. The van der Waals surface area contributed by atoms with E-state index in [0.29, 0.717) is 33.6 Å². The first-order valence-corrected chi connectivity index (χ1v) is 12.8. The number of methoxy groups -OCH3 is 3. The molecule has 0 amide bonds. The van der Waals surface area contributed by atoms with E-state index in [9.17, 15) is 24.9 Å². The van der Waals surface area contributed by atoms with Gasteiger partial charge >= 0.3 is 0 Å². The van der Waals surface area contributed by atoms with E-state index < -0.39 is 5.43 Å². The number of hydrogen-bond acceptors (Lipinski definition) is 10. The number of phenolic OH excluding ortho intramolecular Hbond substituents is 3. The van der Waals surface area contributed by atoms with Crippen LogP contribution in [-0.4, -0.2) is 36.6 Å². The van der Waals surface area contributed by atoms with Gasteiger partial charge in [0.2, 0.25) is 10.9 Å². The second kappa shape index (κ2) is 11.9. The Morgan fingerprint density at radius 1 is 0.558 bits per heavy atom. The molecule has 6 aromatic rings. The van der Waals surface area contributed by atoms with Gasteiger partial charge < -0.3 is 38.4 Å². The first-order chi connectivity index (χ1) is 20.7. The van der Waals surface area contributed by atoms with Crippen molar-refractivity contribution in [2.75, 3.05) is 21.3 Å². The summed E-state index contributed by atoms with van der Waals surface area (Å²) in [4.78, 5) is 25.2. The number of rotatable bonds is 5. The maximum Gasteiger partial charge on any atom is 0.204 e. The Hall–Kier alpha value is -5.90. The molecule has 0 saturated carbocycles. The normalized spacial score (nSPS) is 10.7. The number of aromatic hydroxyl groups is 3. The van der Waals surface area contributed by atoms with Crippen molar-refractivity contribution in [1.29, 1.82) is 0 Å². The van der Waals surface area contributed by atoms with Crippen LogP contribution >= 0.6 is 0 Å². The fourth-order valence-electron chi connectivity index (χ4n) is 4.50. The molecule has 218 valence electrons. The minimum atomic E-state index is -0.408. The van der Waals surface area contributed by atoms with E-state index >= 15 is 0 Å². The lowest BCUT2D eigenvalue weighted by Crippen LogP contribution is -2.06. The molecule has 2 heterocycles. The lowest BCUT2D eigenvalue weighted by atomic mass is 10.0. The van der Waals surface area contributed by atoms with Crippen molar-refractivity contribution in [1.82, 2.24) is 0 Å². The van der Waals surface area contributed by atoms with Crippen LogP contribution in [-0.2, 0) is 0 Å². The van der Waals surface area contributed by atoms with Gasteiger partial charge in [0.1, 0.15) is 69.0 Å². The zero-order chi connectivity index (χ0) is 30.7. The first kappa shape index (κ1) is 28.6. The predicted octanol–water partition coefficient (Wildman–Crippen LogP) is 6.06. The molecule has 0 bridgehead atoms. The van der Waals surface area contributed by atoms with Crippen LogP contribution in [0, 0.1) is 0 Å². The zero-order valence-corrected chi connectivity index (χ0v) is 23.3. The molecule has 0 aliphatic heterocycles. The maximum absolute atomic E-state index is 12.9. The minimum Gasteiger partial charge on any atom is -0.508 e. The van der Waals surface area contributed by atoms with Gasteiger partial charge in [0, 0.05) is 24.3 Å². The van der Waals surface area contributed by atoms with Crippen LogP contribution in [0.15, 0.2) is 104 Å². The third-order valence-electron chi connectivity index (χ3n) is 6.69. The minimum absolute atomic E-state index is 0.00775. The van der Waals surface area contributed by atoms with Crippen LogP contribution in [0.25, 0.3) is 44.2 Å². The molecule has 3 N–H and O–H groups in total. The summed E-state index contributed by atoms with van der Waals surface area (Å²) >= 11 is 0. The Bertz CT molecular complexity index is 2040. The average Bonchev–Trinajstić information content (AvgIpc) is 3.01. The molecule has 43 heavy (non-hydrogen) atoms. The smallest absolute Gasteiger partial charge is 0.204 e. The molecule has 2 aromatic heterocycles. The van der Waals surface area contributed by atoms with Crippen molar-refractivity contribution in [2.45, 2.75) is 0 Å². The van der Waals surface area contributed by atoms with Gasteiger partial charge in [-0.15, -0.1) is 0 Å². The lowest BCUT2D eigenvalue weighted by molar-refractivity contribution is 0.396. The summed E-state index contributed by atoms with van der Waals surface area (Å²) in [5.74, 6) is 1.27. The molecule has 10 nitrogen and oxygen atoms in total. The van der Waals surface area contributed by atoms with Gasteiger partial charge in [-0.1, -0.05) is 24.3 Å². The van der Waals surface area contributed by atoms with Crippen LogP contribution in [0.4, 0.5) is 0 Å². The molecule has 0 aliphatic rings. The third-order valence-corrected chi connectivity index (χ3v) is 6.69. The summed E-state index contributed by atoms with van der Waals surface area (Å²) in [6.07, 6.45) is 2.71. The van der Waals surface area contributed by atoms with Crippen LogP contribution in [0.3, 0.4) is 0 Å². The van der Waals surface area contributed by atoms with E-state index in [0.717, 1.165) is 17.4 Å². The number of benzene rings is 4. The molecule has 0 radical (unpaired) electrons. The highest BCUT2D eigenvalue weighted by molar-refractivity contribution is 5.89. The monoisotopic (exact) mass is 582 g/mol. The number of fused-ring (bicyclic) bond motifs is 2.